The summed E-state index contributed by atoms with van der Waals surface area (Å²) in [6.07, 6.45) is 17.2. The van der Waals surface area contributed by atoms with Crippen LogP contribution in [0.4, 0.5) is 10.3 Å². The minimum absolute atomic E-state index is 0.132. The summed E-state index contributed by atoms with van der Waals surface area (Å²) < 4.78 is 0. The van der Waals surface area contributed by atoms with Crippen LogP contribution in [-0.2, 0) is 49.6 Å². The molecular weight excluding hydrogens is 1420 g/mol. The third-order valence-electron chi connectivity index (χ3n) is 19.3. The van der Waals surface area contributed by atoms with Gasteiger partial charge in [-0.25, -0.2) is 19.6 Å². The molecule has 0 unspecified atom stereocenters. The molecule has 22 nitrogen and oxygen atoms in total. The molecule has 6 aromatic carbocycles. The van der Waals surface area contributed by atoms with Crippen molar-refractivity contribution >= 4 is 103 Å². The fourth-order valence-electron chi connectivity index (χ4n) is 14.0. The number of carbonyl (C=O) groups is 6. The van der Waals surface area contributed by atoms with Crippen LogP contribution >= 0.6 is 46.2 Å². The highest BCUT2D eigenvalue weighted by atomic mass is 32.2. The third kappa shape index (κ3) is 16.5. The molecule has 4 aliphatic heterocycles. The van der Waals surface area contributed by atoms with E-state index in [1.54, 1.807) is 10.8 Å². The van der Waals surface area contributed by atoms with Gasteiger partial charge in [0.1, 0.15) is 45.6 Å². The van der Waals surface area contributed by atoms with E-state index in [1.807, 2.05) is 182 Å². The van der Waals surface area contributed by atoms with Gasteiger partial charge in [0.05, 0.1) is 0 Å². The number of nitrogens with two attached hydrogens (primary N) is 2. The zero-order valence-electron chi connectivity index (χ0n) is 58.0. The summed E-state index contributed by atoms with van der Waals surface area (Å²) in [5, 5.41) is 43.7. The lowest BCUT2D eigenvalue weighted by Crippen LogP contribution is -2.71. The summed E-state index contributed by atoms with van der Waals surface area (Å²) in [7, 11) is 0. The fourth-order valence-corrected chi connectivity index (χ4v) is 17.7. The van der Waals surface area contributed by atoms with Gasteiger partial charge in [-0.15, -0.1) is 46.2 Å². The van der Waals surface area contributed by atoms with Crippen molar-refractivity contribution in [3.8, 4) is 0 Å². The third-order valence-corrected chi connectivity index (χ3v) is 23.2. The molecule has 8 aromatic rings. The number of carboxylic acid groups (broad SMARTS) is 2. The molecule has 2 saturated carbocycles. The number of aromatic nitrogens is 2. The van der Waals surface area contributed by atoms with Crippen molar-refractivity contribution in [2.75, 3.05) is 36.1 Å². The van der Waals surface area contributed by atoms with E-state index < -0.39 is 69.6 Å². The molecule has 106 heavy (non-hydrogen) atoms. The number of carbonyl (C=O) groups excluding carboxylic acids is 4. The molecule has 4 amide bonds. The highest BCUT2D eigenvalue weighted by Gasteiger charge is 2.56. The predicted octanol–water partition coefficient (Wildman–Crippen LogP) is 11.6. The molecule has 6 aliphatic rings. The Bertz CT molecular complexity index is 4090. The number of β-lactam (4-membered cyclic amide) rings is 2. The molecular formula is C80H82N12O10S4. The van der Waals surface area contributed by atoms with Gasteiger partial charge in [-0.05, 0) is 36.8 Å². The molecule has 546 valence electrons. The zero-order valence-corrected chi connectivity index (χ0v) is 61.3. The minimum atomic E-state index is -1.28. The van der Waals surface area contributed by atoms with E-state index in [-0.39, 0.29) is 44.5 Å². The van der Waals surface area contributed by atoms with E-state index in [2.05, 4.69) is 54.7 Å². The number of nitrogens with one attached hydrogen (secondary N) is 4. The number of nitrogens with zero attached hydrogens (tertiary/aromatic N) is 6. The first-order chi connectivity index (χ1) is 51.6. The number of allylic oxidation sites excluding steroid dienone is 2. The van der Waals surface area contributed by atoms with E-state index in [1.165, 1.54) is 123 Å². The number of nitrogen functional groups attached to an aromatic ring is 2. The highest BCUT2D eigenvalue weighted by molar-refractivity contribution is 8.00. The smallest absolute Gasteiger partial charge is 0.352 e. The molecule has 2 aromatic heterocycles. The summed E-state index contributed by atoms with van der Waals surface area (Å²) in [5.41, 5.74) is 14.5. The number of hydrogen-bond donors (Lipinski definition) is 8. The standard InChI is InChI=1S/2C33H27N5O5S2.C14H28N2/c2*1-2-20-18-44-30-26(29(40)38(30)27(20)31(41)42)36-28(39)25(24-19-45-32(34)35-24)37-43-33(21-12-6-3-7-13-21,22-14-8-4-9-15-22)23-16-10-5-11-17-23;1-3-7-13(8-4-1)15-11-12-16-14-9-5-2-6-10-14/h2*2-17,19,26,30H,1,18H2,(H2,34,35)(H,36,39)(H,41,42);13-16H,1-12H2/b2*37-25-;/t2*26-,30+;/m11./s1. The molecule has 0 spiro atoms. The lowest BCUT2D eigenvalue weighted by molar-refractivity contribution is -0.150. The molecule has 6 heterocycles. The van der Waals surface area contributed by atoms with Gasteiger partial charge in [-0.3, -0.25) is 29.0 Å². The van der Waals surface area contributed by atoms with Crippen molar-refractivity contribution in [2.24, 2.45) is 10.3 Å². The lowest BCUT2D eigenvalue weighted by atomic mass is 9.80. The Morgan fingerprint density at radius 3 is 1.04 bits per heavy atom. The monoisotopic (exact) mass is 1500 g/mol. The zero-order chi connectivity index (χ0) is 74.2. The van der Waals surface area contributed by atoms with Crippen LogP contribution in [0.1, 0.15) is 109 Å². The molecule has 2 saturated heterocycles. The fraction of sp³-hybridized carbons (Fsp3) is 0.275. The van der Waals surface area contributed by atoms with Gasteiger partial charge in [-0.1, -0.05) is 256 Å². The predicted molar refractivity (Wildman–Crippen MR) is 416 cm³/mol. The van der Waals surface area contributed by atoms with Gasteiger partial charge in [0.15, 0.2) is 21.7 Å². The summed E-state index contributed by atoms with van der Waals surface area (Å²) in [6.45, 7) is 9.67. The minimum Gasteiger partial charge on any atom is -0.477 e. The van der Waals surface area contributed by atoms with Crippen molar-refractivity contribution in [3.63, 3.8) is 0 Å². The number of thiazole rings is 2. The maximum absolute atomic E-state index is 13.9. The van der Waals surface area contributed by atoms with E-state index >= 15 is 0 Å². The number of rotatable bonds is 25. The van der Waals surface area contributed by atoms with Gasteiger partial charge in [0.25, 0.3) is 23.6 Å². The highest BCUT2D eigenvalue weighted by Crippen LogP contribution is 2.45. The topological polar surface area (TPSA) is 318 Å². The number of oxime groups is 2. The molecule has 4 fully saturated rings. The number of aliphatic carboxylic acids is 2. The SMILES string of the molecule is C1CCC(NCCNC2CCCCC2)CC1.C=CC1=C(C(=O)O)N2C(=O)[C@@H](NC(=O)/C(=N\OC(c3ccccc3)(c3ccccc3)c3ccccc3)c3csc(N)n3)[C@@H]2SC1.C=CC1=C(C(=O)O)N2C(=O)[C@@H](NC(=O)/C(=N\OC(c3ccccc3)(c3ccccc3)c3ccccc3)c3csc(N)n3)[C@@H]2SC1. The van der Waals surface area contributed by atoms with Crippen LogP contribution in [0.5, 0.6) is 0 Å². The van der Waals surface area contributed by atoms with Crippen LogP contribution in [0.25, 0.3) is 0 Å². The van der Waals surface area contributed by atoms with Crippen LogP contribution in [0.15, 0.2) is 251 Å². The van der Waals surface area contributed by atoms with E-state index in [0.29, 0.717) is 22.7 Å². The Morgan fingerprint density at radius 1 is 0.491 bits per heavy atom. The van der Waals surface area contributed by atoms with Gasteiger partial charge in [0, 0.05) is 80.8 Å². The summed E-state index contributed by atoms with van der Waals surface area (Å²) >= 11 is 4.92. The van der Waals surface area contributed by atoms with E-state index in [4.69, 9.17) is 21.1 Å². The first-order valence-corrected chi connectivity index (χ1v) is 38.9. The van der Waals surface area contributed by atoms with Crippen molar-refractivity contribution in [2.45, 2.75) is 110 Å². The summed E-state index contributed by atoms with van der Waals surface area (Å²) in [5.74, 6) is -4.37. The van der Waals surface area contributed by atoms with Gasteiger partial charge < -0.3 is 52.6 Å². The average molecular weight is 1500 g/mol. The van der Waals surface area contributed by atoms with Crippen molar-refractivity contribution in [3.05, 3.63) is 285 Å². The number of thioether (sulfide) groups is 2. The average Bonchev–Trinajstić information content (AvgIpc) is 0.753. The first-order valence-electron chi connectivity index (χ1n) is 35.1. The second kappa shape index (κ2) is 35.1. The van der Waals surface area contributed by atoms with Gasteiger partial charge >= 0.3 is 11.9 Å². The normalized spacial score (nSPS) is 19.1. The van der Waals surface area contributed by atoms with Crippen LogP contribution in [0.3, 0.4) is 0 Å². The first kappa shape index (κ1) is 75.2. The number of carboxylic acids is 2. The van der Waals surface area contributed by atoms with Crippen LogP contribution in [0, 0.1) is 0 Å². The molecule has 0 bridgehead atoms. The van der Waals surface area contributed by atoms with E-state index in [9.17, 15) is 39.0 Å². The van der Waals surface area contributed by atoms with Gasteiger partial charge in [0.2, 0.25) is 11.2 Å². The maximum atomic E-state index is 13.9. The number of fused-ring (bicyclic) bond motifs is 2. The molecule has 14 rings (SSSR count). The Hall–Kier alpha value is -10.5. The summed E-state index contributed by atoms with van der Waals surface area (Å²) in [6, 6.07) is 56.8. The summed E-state index contributed by atoms with van der Waals surface area (Å²) in [4.78, 5) is 102. The quantitative estimate of drug-likeness (QED) is 0.00866. The number of anilines is 2. The number of hydrogen-bond acceptors (Lipinski definition) is 20. The van der Waals surface area contributed by atoms with Crippen LogP contribution < -0.4 is 32.7 Å². The second-order valence-electron chi connectivity index (χ2n) is 25.8. The lowest BCUT2D eigenvalue weighted by Gasteiger charge is -2.49. The molecule has 4 atom stereocenters. The second-order valence-corrected chi connectivity index (χ2v) is 29.8. The number of amides is 4. The largest absolute Gasteiger partial charge is 0.477 e. The van der Waals surface area contributed by atoms with Crippen LogP contribution in [-0.4, -0.2) is 136 Å². The molecule has 0 radical (unpaired) electrons. The molecule has 2 aliphatic carbocycles. The van der Waals surface area contributed by atoms with Crippen LogP contribution in [0.2, 0.25) is 0 Å². The maximum Gasteiger partial charge on any atom is 0.352 e. The Labute approximate surface area is 631 Å². The Morgan fingerprint density at radius 2 is 0.783 bits per heavy atom. The van der Waals surface area contributed by atoms with E-state index in [0.717, 1.165) is 68.1 Å². The van der Waals surface area contributed by atoms with Gasteiger partial charge in [-0.2, -0.15) is 0 Å². The van der Waals surface area contributed by atoms with Crippen molar-refractivity contribution in [1.82, 2.24) is 41.0 Å². The molecule has 10 N–H and O–H groups in total. The Balaban J connectivity index is 0.000000165. The molecule has 26 heteroatoms. The Kier molecular flexibility index (Phi) is 24.9. The van der Waals surface area contributed by atoms with Crippen molar-refractivity contribution < 1.29 is 48.7 Å². The van der Waals surface area contributed by atoms with Crippen molar-refractivity contribution in [1.29, 1.82) is 0 Å². The number of benzene rings is 6.